The zero-order valence-electron chi connectivity index (χ0n) is 17.7. The largest absolute Gasteiger partial charge is 0.478 e. The number of aliphatic hydroxyl groups excluding tert-OH is 1. The topological polar surface area (TPSA) is 108 Å². The lowest BCUT2D eigenvalue weighted by Crippen LogP contribution is -2.52. The summed E-state index contributed by atoms with van der Waals surface area (Å²) in [6, 6.07) is 8.68. The lowest BCUT2D eigenvalue weighted by Gasteiger charge is -2.28. The third-order valence-corrected chi connectivity index (χ3v) is 4.09. The van der Waals surface area contributed by atoms with Crippen molar-refractivity contribution >= 4 is 11.9 Å². The van der Waals surface area contributed by atoms with Gasteiger partial charge in [0.2, 0.25) is 12.3 Å². The first-order valence-corrected chi connectivity index (χ1v) is 9.98. The predicted octanol–water partition coefficient (Wildman–Crippen LogP) is 2.59. The van der Waals surface area contributed by atoms with Crippen molar-refractivity contribution in [1.82, 2.24) is 10.6 Å². The minimum absolute atomic E-state index is 0.309. The first kappa shape index (κ1) is 24.8. The van der Waals surface area contributed by atoms with E-state index in [2.05, 4.69) is 10.6 Å². The molecule has 29 heavy (non-hydrogen) atoms. The molecule has 0 spiro atoms. The second-order valence-electron chi connectivity index (χ2n) is 7.93. The monoisotopic (exact) mass is 406 g/mol. The van der Waals surface area contributed by atoms with E-state index in [4.69, 9.17) is 9.84 Å². The molecule has 0 aromatic heterocycles. The first-order chi connectivity index (χ1) is 13.6. The molecule has 0 aliphatic heterocycles. The van der Waals surface area contributed by atoms with Crippen molar-refractivity contribution in [2.24, 2.45) is 0 Å². The summed E-state index contributed by atoms with van der Waals surface area (Å²) in [6.07, 6.45) is 3.72. The van der Waals surface area contributed by atoms with Gasteiger partial charge in [0.25, 0.3) is 0 Å². The zero-order valence-corrected chi connectivity index (χ0v) is 17.7. The highest BCUT2D eigenvalue weighted by atomic mass is 16.6. The fourth-order valence-electron chi connectivity index (χ4n) is 2.78. The van der Waals surface area contributed by atoms with E-state index in [0.29, 0.717) is 19.3 Å². The van der Waals surface area contributed by atoms with Crippen molar-refractivity contribution < 1.29 is 24.5 Å². The van der Waals surface area contributed by atoms with Gasteiger partial charge in [0, 0.05) is 12.1 Å². The number of ether oxygens (including phenoxy) is 1. The van der Waals surface area contributed by atoms with Crippen LogP contribution in [0.4, 0.5) is 0 Å². The van der Waals surface area contributed by atoms with E-state index in [0.717, 1.165) is 18.1 Å². The number of aliphatic carboxylic acids is 1. The van der Waals surface area contributed by atoms with Crippen LogP contribution in [0.2, 0.25) is 0 Å². The molecule has 7 heteroatoms. The molecule has 0 aliphatic rings. The Morgan fingerprint density at radius 2 is 1.83 bits per heavy atom. The summed E-state index contributed by atoms with van der Waals surface area (Å²) in [5.74, 6) is -1.38. The average molecular weight is 407 g/mol. The first-order valence-electron chi connectivity index (χ1n) is 9.98. The van der Waals surface area contributed by atoms with Crippen LogP contribution in [0.15, 0.2) is 42.5 Å². The van der Waals surface area contributed by atoms with Crippen LogP contribution < -0.4 is 10.6 Å². The molecule has 0 bridgehead atoms. The molecule has 3 atom stereocenters. The van der Waals surface area contributed by atoms with Gasteiger partial charge in [-0.3, -0.25) is 10.1 Å². The standard InChI is InChI=1S/C22H34N2O5/c1-5-9-18(24-21(28)29-22(2,3)4)20(27)23-17(14-15-19(25)26)13-12-16-10-7-6-8-11-16/h6-8,10-11,14-15,17-18,21,24,28H,5,9,12-13H2,1-4H3,(H,23,27)(H,25,26). The summed E-state index contributed by atoms with van der Waals surface area (Å²) in [7, 11) is 0. The molecule has 3 unspecified atom stereocenters. The second kappa shape index (κ2) is 12.4. The van der Waals surface area contributed by atoms with E-state index in [1.165, 1.54) is 6.08 Å². The minimum Gasteiger partial charge on any atom is -0.478 e. The van der Waals surface area contributed by atoms with Crippen LogP contribution in [0.1, 0.15) is 52.5 Å². The van der Waals surface area contributed by atoms with Gasteiger partial charge in [0.15, 0.2) is 0 Å². The predicted molar refractivity (Wildman–Crippen MR) is 112 cm³/mol. The van der Waals surface area contributed by atoms with Gasteiger partial charge in [-0.2, -0.15) is 0 Å². The zero-order chi connectivity index (χ0) is 21.9. The number of hydrogen-bond acceptors (Lipinski definition) is 5. The van der Waals surface area contributed by atoms with E-state index >= 15 is 0 Å². The van der Waals surface area contributed by atoms with Gasteiger partial charge < -0.3 is 20.3 Å². The number of aliphatic hydroxyl groups is 1. The van der Waals surface area contributed by atoms with Crippen LogP contribution in [0.5, 0.6) is 0 Å². The number of rotatable bonds is 12. The Morgan fingerprint density at radius 3 is 2.38 bits per heavy atom. The Hall–Kier alpha value is -2.22. The number of carbonyl (C=O) groups is 2. The van der Waals surface area contributed by atoms with E-state index in [1.54, 1.807) is 0 Å². The minimum atomic E-state index is -1.28. The van der Waals surface area contributed by atoms with Gasteiger partial charge in [0.1, 0.15) is 0 Å². The summed E-state index contributed by atoms with van der Waals surface area (Å²) >= 11 is 0. The van der Waals surface area contributed by atoms with Gasteiger partial charge in [-0.15, -0.1) is 0 Å². The molecule has 1 amide bonds. The van der Waals surface area contributed by atoms with Crippen molar-refractivity contribution in [3.63, 3.8) is 0 Å². The molecule has 0 radical (unpaired) electrons. The molecule has 1 aromatic rings. The summed E-state index contributed by atoms with van der Waals surface area (Å²) in [4.78, 5) is 23.7. The summed E-state index contributed by atoms with van der Waals surface area (Å²) in [5, 5.41) is 24.7. The number of carbonyl (C=O) groups excluding carboxylic acids is 1. The van der Waals surface area contributed by atoms with Gasteiger partial charge in [-0.1, -0.05) is 49.8 Å². The van der Waals surface area contributed by atoms with Gasteiger partial charge in [-0.25, -0.2) is 4.79 Å². The number of benzene rings is 1. The molecule has 162 valence electrons. The number of nitrogens with one attached hydrogen (secondary N) is 2. The van der Waals surface area contributed by atoms with Crippen LogP contribution in [0, 0.1) is 0 Å². The van der Waals surface area contributed by atoms with E-state index in [-0.39, 0.29) is 5.91 Å². The highest BCUT2D eigenvalue weighted by molar-refractivity contribution is 5.83. The summed E-state index contributed by atoms with van der Waals surface area (Å²) in [6.45, 7) is 7.37. The normalized spacial score (nSPS) is 15.1. The highest BCUT2D eigenvalue weighted by Gasteiger charge is 2.25. The van der Waals surface area contributed by atoms with E-state index in [9.17, 15) is 14.7 Å². The molecular weight excluding hydrogens is 372 g/mol. The Bertz CT molecular complexity index is 655. The number of amides is 1. The summed E-state index contributed by atoms with van der Waals surface area (Å²) in [5.41, 5.74) is 0.537. The van der Waals surface area contributed by atoms with E-state index in [1.807, 2.05) is 58.0 Å². The smallest absolute Gasteiger partial charge is 0.328 e. The molecule has 7 nitrogen and oxygen atoms in total. The molecule has 0 saturated heterocycles. The fraction of sp³-hybridized carbons (Fsp3) is 0.545. The average Bonchev–Trinajstić information content (AvgIpc) is 2.62. The van der Waals surface area contributed by atoms with Crippen LogP contribution >= 0.6 is 0 Å². The van der Waals surface area contributed by atoms with E-state index < -0.39 is 30.1 Å². The third-order valence-electron chi connectivity index (χ3n) is 4.09. The number of hydrogen-bond donors (Lipinski definition) is 4. The van der Waals surface area contributed by atoms with Gasteiger partial charge in [-0.05, 0) is 45.6 Å². The molecule has 0 heterocycles. The van der Waals surface area contributed by atoms with Gasteiger partial charge >= 0.3 is 5.97 Å². The van der Waals surface area contributed by atoms with Gasteiger partial charge in [0.05, 0.1) is 11.6 Å². The molecular formula is C22H34N2O5. The SMILES string of the molecule is CCCC(NC(O)OC(C)(C)C)C(=O)NC(C=CC(=O)O)CCc1ccccc1. The maximum Gasteiger partial charge on any atom is 0.328 e. The quantitative estimate of drug-likeness (QED) is 0.314. The Kier molecular flexibility index (Phi) is 10.6. The Labute approximate surface area is 173 Å². The molecule has 1 rings (SSSR count). The maximum atomic E-state index is 12.8. The number of aryl methyl sites for hydroxylation is 1. The molecule has 0 saturated carbocycles. The van der Waals surface area contributed by atoms with Crippen molar-refractivity contribution in [3.8, 4) is 0 Å². The van der Waals surface area contributed by atoms with Crippen LogP contribution in [0.25, 0.3) is 0 Å². The molecule has 0 aliphatic carbocycles. The Morgan fingerprint density at radius 1 is 1.17 bits per heavy atom. The lowest BCUT2D eigenvalue weighted by molar-refractivity contribution is -0.187. The Balaban J connectivity index is 2.78. The van der Waals surface area contributed by atoms with Crippen molar-refractivity contribution in [3.05, 3.63) is 48.0 Å². The highest BCUT2D eigenvalue weighted by Crippen LogP contribution is 2.11. The van der Waals surface area contributed by atoms with Crippen LogP contribution in [-0.4, -0.2) is 46.2 Å². The molecule has 4 N–H and O–H groups in total. The van der Waals surface area contributed by atoms with Crippen molar-refractivity contribution in [2.75, 3.05) is 0 Å². The maximum absolute atomic E-state index is 12.8. The number of carboxylic acids is 1. The van der Waals surface area contributed by atoms with Crippen molar-refractivity contribution in [1.29, 1.82) is 0 Å². The second-order valence-corrected chi connectivity index (χ2v) is 7.93. The van der Waals surface area contributed by atoms with Crippen molar-refractivity contribution in [2.45, 2.75) is 77.5 Å². The molecule has 1 aromatic carbocycles. The number of carboxylic acid groups (broad SMARTS) is 1. The summed E-state index contributed by atoms with van der Waals surface area (Å²) < 4.78 is 5.43. The van der Waals surface area contributed by atoms with Crippen LogP contribution in [-0.2, 0) is 20.7 Å². The molecule has 0 fully saturated rings. The fourth-order valence-corrected chi connectivity index (χ4v) is 2.78. The third kappa shape index (κ3) is 11.4. The van der Waals surface area contributed by atoms with Crippen LogP contribution in [0.3, 0.4) is 0 Å². The lowest BCUT2D eigenvalue weighted by atomic mass is 10.0.